The summed E-state index contributed by atoms with van der Waals surface area (Å²) in [5, 5.41) is 2.59. The molecule has 3 aromatic carbocycles. The Morgan fingerprint density at radius 2 is 1.53 bits per heavy atom. The molecule has 0 aliphatic carbocycles. The van der Waals surface area contributed by atoms with Crippen molar-refractivity contribution < 1.29 is 14.3 Å². The third kappa shape index (κ3) is 8.17. The monoisotopic (exact) mass is 567 g/mol. The Balaban J connectivity index is 1.62. The fourth-order valence-electron chi connectivity index (χ4n) is 3.69. The number of ether oxygens (including phenoxy) is 1. The second-order valence-corrected chi connectivity index (χ2v) is 9.53. The third-order valence-electron chi connectivity index (χ3n) is 5.50. The van der Waals surface area contributed by atoms with Crippen molar-refractivity contribution in [3.05, 3.63) is 100 Å². The molecule has 3 aromatic rings. The molecule has 0 saturated heterocycles. The van der Waals surface area contributed by atoms with Crippen LogP contribution in [0, 0.1) is 0 Å². The Hall–Kier alpha value is -3.23. The summed E-state index contributed by atoms with van der Waals surface area (Å²) in [6.07, 6.45) is 4.29. The van der Waals surface area contributed by atoms with E-state index in [2.05, 4.69) is 39.0 Å². The SMILES string of the molecule is CCCCCCOc1ccc(Br)cc1C(=O)NC(=S)NNC(=O)C(c1ccccc1)c1ccccc1. The van der Waals surface area contributed by atoms with Crippen LogP contribution in [0.5, 0.6) is 5.75 Å². The van der Waals surface area contributed by atoms with E-state index in [0.29, 0.717) is 17.9 Å². The van der Waals surface area contributed by atoms with Gasteiger partial charge in [-0.2, -0.15) is 0 Å². The first-order valence-corrected chi connectivity index (χ1v) is 13.1. The van der Waals surface area contributed by atoms with E-state index < -0.39 is 11.8 Å². The highest BCUT2D eigenvalue weighted by molar-refractivity contribution is 9.10. The zero-order valence-corrected chi connectivity index (χ0v) is 22.5. The summed E-state index contributed by atoms with van der Waals surface area (Å²) in [4.78, 5) is 26.1. The molecule has 0 saturated carbocycles. The maximum Gasteiger partial charge on any atom is 0.261 e. The summed E-state index contributed by atoms with van der Waals surface area (Å²) in [6.45, 7) is 2.68. The summed E-state index contributed by atoms with van der Waals surface area (Å²) < 4.78 is 6.60. The highest BCUT2D eigenvalue weighted by Crippen LogP contribution is 2.25. The number of thiocarbonyl (C=S) groups is 1. The van der Waals surface area contributed by atoms with Gasteiger partial charge in [0.15, 0.2) is 5.11 Å². The van der Waals surface area contributed by atoms with Crippen LogP contribution in [0.15, 0.2) is 83.3 Å². The van der Waals surface area contributed by atoms with Gasteiger partial charge in [0.05, 0.1) is 18.1 Å². The molecule has 2 amide bonds. The van der Waals surface area contributed by atoms with Crippen LogP contribution >= 0.6 is 28.1 Å². The van der Waals surface area contributed by atoms with Crippen LogP contribution in [-0.2, 0) is 4.79 Å². The molecule has 8 heteroatoms. The van der Waals surface area contributed by atoms with Crippen molar-refractivity contribution >= 4 is 45.1 Å². The summed E-state index contributed by atoms with van der Waals surface area (Å²) in [6, 6.07) is 24.2. The minimum Gasteiger partial charge on any atom is -0.493 e. The molecule has 6 nitrogen and oxygen atoms in total. The molecule has 0 spiro atoms. The van der Waals surface area contributed by atoms with E-state index in [1.54, 1.807) is 12.1 Å². The van der Waals surface area contributed by atoms with E-state index in [-0.39, 0.29) is 11.0 Å². The molecule has 0 atom stereocenters. The molecular formula is C28H30BrN3O3S. The van der Waals surface area contributed by atoms with Gasteiger partial charge in [0.1, 0.15) is 5.75 Å². The number of hydrazine groups is 1. The first-order valence-electron chi connectivity index (χ1n) is 11.9. The lowest BCUT2D eigenvalue weighted by atomic mass is 9.91. The van der Waals surface area contributed by atoms with Gasteiger partial charge >= 0.3 is 0 Å². The largest absolute Gasteiger partial charge is 0.493 e. The van der Waals surface area contributed by atoms with Crippen molar-refractivity contribution in [2.45, 2.75) is 38.5 Å². The predicted octanol–water partition coefficient (Wildman–Crippen LogP) is 5.88. The van der Waals surface area contributed by atoms with Gasteiger partial charge in [0.2, 0.25) is 5.91 Å². The first kappa shape index (κ1) is 27.4. The van der Waals surface area contributed by atoms with Crippen molar-refractivity contribution in [1.29, 1.82) is 0 Å². The van der Waals surface area contributed by atoms with Gasteiger partial charge in [0, 0.05) is 4.47 Å². The van der Waals surface area contributed by atoms with Crippen molar-refractivity contribution in [2.24, 2.45) is 0 Å². The molecule has 0 heterocycles. The van der Waals surface area contributed by atoms with Crippen LogP contribution in [0.25, 0.3) is 0 Å². The Bertz CT molecular complexity index is 1120. The van der Waals surface area contributed by atoms with Crippen molar-refractivity contribution in [2.75, 3.05) is 6.61 Å². The summed E-state index contributed by atoms with van der Waals surface area (Å²) in [5.74, 6) is -0.805. The van der Waals surface area contributed by atoms with Crippen LogP contribution in [0.3, 0.4) is 0 Å². The van der Waals surface area contributed by atoms with Crippen LogP contribution in [0.1, 0.15) is 60.0 Å². The Morgan fingerprint density at radius 1 is 0.889 bits per heavy atom. The zero-order valence-electron chi connectivity index (χ0n) is 20.1. The van der Waals surface area contributed by atoms with Gasteiger partial charge in [0.25, 0.3) is 5.91 Å². The molecule has 0 aromatic heterocycles. The van der Waals surface area contributed by atoms with E-state index in [0.717, 1.165) is 41.3 Å². The molecule has 3 N–H and O–H groups in total. The number of nitrogens with one attached hydrogen (secondary N) is 3. The van der Waals surface area contributed by atoms with Crippen LogP contribution in [-0.4, -0.2) is 23.5 Å². The first-order chi connectivity index (χ1) is 17.5. The molecule has 36 heavy (non-hydrogen) atoms. The van der Waals surface area contributed by atoms with Crippen molar-refractivity contribution in [3.63, 3.8) is 0 Å². The molecule has 0 bridgehead atoms. The summed E-state index contributed by atoms with van der Waals surface area (Å²) in [5.41, 5.74) is 7.31. The van der Waals surface area contributed by atoms with Gasteiger partial charge < -0.3 is 4.74 Å². The maximum absolute atomic E-state index is 13.1. The fraction of sp³-hybridized carbons (Fsp3) is 0.250. The van der Waals surface area contributed by atoms with Gasteiger partial charge in [-0.1, -0.05) is 103 Å². The lowest BCUT2D eigenvalue weighted by Crippen LogP contribution is -2.49. The van der Waals surface area contributed by atoms with Crippen molar-refractivity contribution in [3.8, 4) is 5.75 Å². The Kier molecular flexibility index (Phi) is 10.9. The Morgan fingerprint density at radius 3 is 2.14 bits per heavy atom. The minimum atomic E-state index is -0.545. The molecule has 188 valence electrons. The lowest BCUT2D eigenvalue weighted by molar-refractivity contribution is -0.122. The fourth-order valence-corrected chi connectivity index (χ4v) is 4.20. The molecule has 0 fully saturated rings. The third-order valence-corrected chi connectivity index (χ3v) is 6.19. The molecule has 0 aliphatic heterocycles. The number of carbonyl (C=O) groups excluding carboxylic acids is 2. The number of hydrogen-bond acceptors (Lipinski definition) is 4. The number of amides is 2. The number of hydrogen-bond donors (Lipinski definition) is 3. The molecule has 3 rings (SSSR count). The molecule has 0 aliphatic rings. The lowest BCUT2D eigenvalue weighted by Gasteiger charge is -2.19. The average molecular weight is 569 g/mol. The standard InChI is InChI=1S/C28H30BrN3O3S/c1-2-3-4-11-18-35-24-17-16-22(29)19-23(24)26(33)30-28(36)32-31-27(34)25(20-12-7-5-8-13-20)21-14-9-6-10-15-21/h5-10,12-17,19,25H,2-4,11,18H2,1H3,(H,31,34)(H2,30,32,33,36). The average Bonchev–Trinajstić information content (AvgIpc) is 2.89. The molecular weight excluding hydrogens is 538 g/mol. The zero-order chi connectivity index (χ0) is 25.8. The number of benzene rings is 3. The van der Waals surface area contributed by atoms with Gasteiger partial charge in [-0.3, -0.25) is 25.8 Å². The van der Waals surface area contributed by atoms with Gasteiger partial charge in [-0.15, -0.1) is 0 Å². The molecule has 0 radical (unpaired) electrons. The highest BCUT2D eigenvalue weighted by atomic mass is 79.9. The van der Waals surface area contributed by atoms with Gasteiger partial charge in [-0.05, 0) is 48.0 Å². The topological polar surface area (TPSA) is 79.5 Å². The van der Waals surface area contributed by atoms with E-state index in [4.69, 9.17) is 17.0 Å². The van der Waals surface area contributed by atoms with E-state index >= 15 is 0 Å². The van der Waals surface area contributed by atoms with E-state index in [1.165, 1.54) is 0 Å². The van der Waals surface area contributed by atoms with Crippen LogP contribution < -0.4 is 20.9 Å². The van der Waals surface area contributed by atoms with Gasteiger partial charge in [-0.25, -0.2) is 0 Å². The second-order valence-electron chi connectivity index (χ2n) is 8.20. The summed E-state index contributed by atoms with van der Waals surface area (Å²) >= 11 is 8.67. The smallest absolute Gasteiger partial charge is 0.261 e. The van der Waals surface area contributed by atoms with E-state index in [1.807, 2.05) is 66.7 Å². The minimum absolute atomic E-state index is 0.0258. The van der Waals surface area contributed by atoms with Crippen LogP contribution in [0.4, 0.5) is 0 Å². The highest BCUT2D eigenvalue weighted by Gasteiger charge is 2.23. The number of unbranched alkanes of at least 4 members (excludes halogenated alkanes) is 3. The molecule has 0 unspecified atom stereocenters. The number of carbonyl (C=O) groups is 2. The second kappa shape index (κ2) is 14.4. The summed E-state index contributed by atoms with van der Waals surface area (Å²) in [7, 11) is 0. The number of rotatable bonds is 10. The van der Waals surface area contributed by atoms with Crippen molar-refractivity contribution in [1.82, 2.24) is 16.2 Å². The van der Waals surface area contributed by atoms with Crippen LogP contribution in [0.2, 0.25) is 0 Å². The maximum atomic E-state index is 13.1. The number of halogens is 1. The Labute approximate surface area is 225 Å². The normalized spacial score (nSPS) is 10.5. The quantitative estimate of drug-likeness (QED) is 0.162. The van der Waals surface area contributed by atoms with E-state index in [9.17, 15) is 9.59 Å². The predicted molar refractivity (Wildman–Crippen MR) is 150 cm³/mol.